The normalized spacial score (nSPS) is 12.7. The second kappa shape index (κ2) is 8.28. The molecule has 0 radical (unpaired) electrons. The van der Waals surface area contributed by atoms with Crippen LogP contribution in [0, 0.1) is 0 Å². The molecule has 2 heteroatoms. The van der Waals surface area contributed by atoms with Crippen LogP contribution in [0.4, 0.5) is 0 Å². The monoisotopic (exact) mass is 248 g/mol. The molecule has 0 aliphatic carbocycles. The van der Waals surface area contributed by atoms with E-state index in [9.17, 15) is 0 Å². The fourth-order valence-corrected chi connectivity index (χ4v) is 2.19. The first-order valence-electron chi connectivity index (χ1n) is 7.31. The molecule has 3 N–H and O–H groups in total. The molecular formula is C16H28N2. The number of rotatable bonds is 8. The van der Waals surface area contributed by atoms with Crippen LogP contribution in [-0.2, 0) is 12.8 Å². The summed E-state index contributed by atoms with van der Waals surface area (Å²) >= 11 is 0. The third-order valence-corrected chi connectivity index (χ3v) is 3.45. The predicted molar refractivity (Wildman–Crippen MR) is 79.9 cm³/mol. The molecule has 1 atom stereocenters. The second-order valence-electron chi connectivity index (χ2n) is 4.89. The minimum Gasteiger partial charge on any atom is -0.329 e. The average molecular weight is 248 g/mol. The van der Waals surface area contributed by atoms with E-state index in [1.54, 1.807) is 0 Å². The summed E-state index contributed by atoms with van der Waals surface area (Å²) in [6.45, 7) is 8.35. The molecule has 0 spiro atoms. The van der Waals surface area contributed by atoms with Crippen molar-refractivity contribution < 1.29 is 0 Å². The Labute approximate surface area is 112 Å². The fraction of sp³-hybridized carbons (Fsp3) is 0.625. The zero-order valence-electron chi connectivity index (χ0n) is 12.1. The molecule has 0 fully saturated rings. The maximum Gasteiger partial charge on any atom is 0.0444 e. The van der Waals surface area contributed by atoms with Crippen molar-refractivity contribution in [2.24, 2.45) is 5.73 Å². The lowest BCUT2D eigenvalue weighted by Crippen LogP contribution is -2.29. The molecule has 0 bridgehead atoms. The second-order valence-corrected chi connectivity index (χ2v) is 4.89. The number of unbranched alkanes of at least 4 members (excludes halogenated alkanes) is 1. The summed E-state index contributed by atoms with van der Waals surface area (Å²) in [6.07, 6.45) is 4.62. The topological polar surface area (TPSA) is 38.0 Å². The van der Waals surface area contributed by atoms with Gasteiger partial charge in [-0.3, -0.25) is 0 Å². The van der Waals surface area contributed by atoms with Gasteiger partial charge in [0.05, 0.1) is 0 Å². The molecule has 1 aromatic carbocycles. The molecule has 18 heavy (non-hydrogen) atoms. The van der Waals surface area contributed by atoms with E-state index in [0.29, 0.717) is 12.6 Å². The number of benzene rings is 1. The highest BCUT2D eigenvalue weighted by atomic mass is 14.9. The van der Waals surface area contributed by atoms with Gasteiger partial charge < -0.3 is 11.1 Å². The van der Waals surface area contributed by atoms with E-state index in [0.717, 1.165) is 19.4 Å². The van der Waals surface area contributed by atoms with Crippen molar-refractivity contribution in [3.05, 3.63) is 34.9 Å². The minimum atomic E-state index is 0.299. The number of nitrogens with one attached hydrogen (secondary N) is 1. The van der Waals surface area contributed by atoms with Crippen molar-refractivity contribution in [3.63, 3.8) is 0 Å². The minimum absolute atomic E-state index is 0.299. The highest BCUT2D eigenvalue weighted by Gasteiger charge is 2.10. The van der Waals surface area contributed by atoms with Crippen molar-refractivity contribution in [2.45, 2.75) is 52.5 Å². The maximum absolute atomic E-state index is 5.91. The van der Waals surface area contributed by atoms with Crippen molar-refractivity contribution in [2.75, 3.05) is 13.1 Å². The van der Waals surface area contributed by atoms with Crippen LogP contribution >= 0.6 is 0 Å². The Morgan fingerprint density at radius 3 is 2.11 bits per heavy atom. The van der Waals surface area contributed by atoms with Gasteiger partial charge in [0.25, 0.3) is 0 Å². The zero-order chi connectivity index (χ0) is 13.4. The number of nitrogens with two attached hydrogens (primary N) is 1. The Hall–Kier alpha value is -0.860. The van der Waals surface area contributed by atoms with E-state index in [1.165, 1.54) is 29.5 Å². The molecule has 0 saturated carbocycles. The molecule has 1 unspecified atom stereocenters. The largest absolute Gasteiger partial charge is 0.329 e. The number of hydrogen-bond donors (Lipinski definition) is 2. The Morgan fingerprint density at radius 1 is 1.06 bits per heavy atom. The standard InChI is InChI=1S/C16H28N2/c1-4-7-8-18-16(12-17)15-10-13(5-2)9-14(6-3)11-15/h9-11,16,18H,4-8,12,17H2,1-3H3. The van der Waals surface area contributed by atoms with E-state index in [-0.39, 0.29) is 0 Å². The number of hydrogen-bond acceptors (Lipinski definition) is 2. The molecule has 0 aliphatic rings. The van der Waals surface area contributed by atoms with Crippen LogP contribution in [0.3, 0.4) is 0 Å². The van der Waals surface area contributed by atoms with Gasteiger partial charge in [0.1, 0.15) is 0 Å². The van der Waals surface area contributed by atoms with Gasteiger partial charge in [-0.25, -0.2) is 0 Å². The Balaban J connectivity index is 2.83. The molecule has 0 aromatic heterocycles. The summed E-state index contributed by atoms with van der Waals surface area (Å²) < 4.78 is 0. The highest BCUT2D eigenvalue weighted by molar-refractivity contribution is 5.32. The summed E-state index contributed by atoms with van der Waals surface area (Å²) in [7, 11) is 0. The van der Waals surface area contributed by atoms with Gasteiger partial charge in [-0.2, -0.15) is 0 Å². The predicted octanol–water partition coefficient (Wildman–Crippen LogP) is 3.20. The van der Waals surface area contributed by atoms with Crippen LogP contribution in [0.5, 0.6) is 0 Å². The van der Waals surface area contributed by atoms with Crippen molar-refractivity contribution in [1.82, 2.24) is 5.32 Å². The van der Waals surface area contributed by atoms with Gasteiger partial charge in [0.2, 0.25) is 0 Å². The van der Waals surface area contributed by atoms with Crippen molar-refractivity contribution in [1.29, 1.82) is 0 Å². The lowest BCUT2D eigenvalue weighted by molar-refractivity contribution is 0.527. The first-order valence-corrected chi connectivity index (χ1v) is 7.31. The van der Waals surface area contributed by atoms with Crippen molar-refractivity contribution >= 4 is 0 Å². The van der Waals surface area contributed by atoms with Crippen LogP contribution in [0.25, 0.3) is 0 Å². The van der Waals surface area contributed by atoms with Crippen LogP contribution in [-0.4, -0.2) is 13.1 Å². The lowest BCUT2D eigenvalue weighted by Gasteiger charge is -2.19. The van der Waals surface area contributed by atoms with Crippen LogP contribution in [0.15, 0.2) is 18.2 Å². The van der Waals surface area contributed by atoms with Crippen LogP contribution in [0.1, 0.15) is 56.3 Å². The zero-order valence-corrected chi connectivity index (χ0v) is 12.1. The first kappa shape index (κ1) is 15.2. The van der Waals surface area contributed by atoms with Gasteiger partial charge in [-0.1, -0.05) is 45.4 Å². The summed E-state index contributed by atoms with van der Waals surface area (Å²) in [5, 5.41) is 3.56. The van der Waals surface area contributed by atoms with Crippen LogP contribution < -0.4 is 11.1 Å². The van der Waals surface area contributed by atoms with Gasteiger partial charge in [-0.15, -0.1) is 0 Å². The molecular weight excluding hydrogens is 220 g/mol. The van der Waals surface area contributed by atoms with Gasteiger partial charge in [0.15, 0.2) is 0 Å². The quantitative estimate of drug-likeness (QED) is 0.693. The molecule has 0 heterocycles. The molecule has 1 rings (SSSR count). The molecule has 0 amide bonds. The summed E-state index contributed by atoms with van der Waals surface area (Å²) in [5.74, 6) is 0. The van der Waals surface area contributed by atoms with E-state index in [4.69, 9.17) is 5.73 Å². The lowest BCUT2D eigenvalue weighted by atomic mass is 9.98. The molecule has 2 nitrogen and oxygen atoms in total. The Bertz CT molecular complexity index is 325. The first-order chi connectivity index (χ1) is 8.74. The third-order valence-electron chi connectivity index (χ3n) is 3.45. The van der Waals surface area contributed by atoms with E-state index in [1.807, 2.05) is 0 Å². The highest BCUT2D eigenvalue weighted by Crippen LogP contribution is 2.18. The van der Waals surface area contributed by atoms with Gasteiger partial charge >= 0.3 is 0 Å². The Kier molecular flexibility index (Phi) is 6.99. The SMILES string of the molecule is CCCCNC(CN)c1cc(CC)cc(CC)c1. The summed E-state index contributed by atoms with van der Waals surface area (Å²) in [4.78, 5) is 0. The third kappa shape index (κ3) is 4.43. The van der Waals surface area contributed by atoms with Gasteiger partial charge in [0, 0.05) is 12.6 Å². The van der Waals surface area contributed by atoms with E-state index < -0.39 is 0 Å². The maximum atomic E-state index is 5.91. The summed E-state index contributed by atoms with van der Waals surface area (Å²) in [5.41, 5.74) is 10.1. The Morgan fingerprint density at radius 2 is 1.67 bits per heavy atom. The van der Waals surface area contributed by atoms with Crippen molar-refractivity contribution in [3.8, 4) is 0 Å². The fourth-order valence-electron chi connectivity index (χ4n) is 2.19. The molecule has 1 aromatic rings. The van der Waals surface area contributed by atoms with Crippen LogP contribution in [0.2, 0.25) is 0 Å². The number of aryl methyl sites for hydroxylation is 2. The molecule has 0 saturated heterocycles. The van der Waals surface area contributed by atoms with E-state index in [2.05, 4.69) is 44.3 Å². The summed E-state index contributed by atoms with van der Waals surface area (Å²) in [6, 6.07) is 7.21. The van der Waals surface area contributed by atoms with E-state index >= 15 is 0 Å². The molecule has 102 valence electrons. The average Bonchev–Trinajstić information content (AvgIpc) is 2.43. The molecule has 0 aliphatic heterocycles. The van der Waals surface area contributed by atoms with Gasteiger partial charge in [-0.05, 0) is 42.5 Å². The smallest absolute Gasteiger partial charge is 0.0444 e.